The molecule has 0 bridgehead atoms. The molecule has 0 unspecified atom stereocenters. The summed E-state index contributed by atoms with van der Waals surface area (Å²) in [6.07, 6.45) is 0.612. The van der Waals surface area contributed by atoms with E-state index in [1.54, 1.807) is 14.0 Å². The Morgan fingerprint density at radius 1 is 1.61 bits per heavy atom. The van der Waals surface area contributed by atoms with Crippen LogP contribution in [0, 0.1) is 23.2 Å². The molecule has 1 heterocycles. The zero-order valence-corrected chi connectivity index (χ0v) is 11.5. The molecule has 102 valence electrons. The first kappa shape index (κ1) is 14.8. The molecule has 1 rings (SSSR count). The second-order valence-corrected chi connectivity index (χ2v) is 7.09. The molecular weight excluding hydrogens is 254 g/mol. The number of hydrogen-bond donors (Lipinski definition) is 1. The third-order valence-electron chi connectivity index (χ3n) is 2.98. The Labute approximate surface area is 108 Å². The van der Waals surface area contributed by atoms with Crippen LogP contribution in [-0.4, -0.2) is 51.0 Å². The van der Waals surface area contributed by atoms with Crippen LogP contribution in [0.25, 0.3) is 0 Å². The van der Waals surface area contributed by atoms with E-state index in [2.05, 4.69) is 11.4 Å². The third kappa shape index (κ3) is 4.53. The Bertz CT molecular complexity index is 441. The van der Waals surface area contributed by atoms with E-state index in [4.69, 9.17) is 5.26 Å². The van der Waals surface area contributed by atoms with Gasteiger partial charge in [-0.3, -0.25) is 0 Å². The number of sulfone groups is 1. The van der Waals surface area contributed by atoms with Gasteiger partial charge in [-0.25, -0.2) is 13.2 Å². The number of carbonyl (C=O) groups excluding carboxylic acids is 1. The SMILES string of the molecule is C[C@@H](C#N)CN(C)C(=O)NC[C@@H]1CCS(=O)(=O)C1. The maximum absolute atomic E-state index is 11.7. The van der Waals surface area contributed by atoms with Crippen LogP contribution in [-0.2, 0) is 9.84 Å². The number of carbonyl (C=O) groups is 1. The summed E-state index contributed by atoms with van der Waals surface area (Å²) < 4.78 is 22.5. The van der Waals surface area contributed by atoms with Gasteiger partial charge < -0.3 is 10.2 Å². The van der Waals surface area contributed by atoms with Crippen molar-refractivity contribution in [1.82, 2.24) is 10.2 Å². The standard InChI is InChI=1S/C11H19N3O3S/c1-9(5-12)7-14(2)11(15)13-6-10-3-4-18(16,17)8-10/h9-10H,3-4,6-8H2,1-2H3,(H,13,15)/t9-,10-/m0/s1. The molecule has 0 saturated carbocycles. The number of hydrogen-bond acceptors (Lipinski definition) is 4. The lowest BCUT2D eigenvalue weighted by molar-refractivity contribution is 0.204. The lowest BCUT2D eigenvalue weighted by Crippen LogP contribution is -2.41. The minimum absolute atomic E-state index is 0.0146. The summed E-state index contributed by atoms with van der Waals surface area (Å²) in [7, 11) is -1.27. The van der Waals surface area contributed by atoms with Crippen molar-refractivity contribution in [2.45, 2.75) is 13.3 Å². The van der Waals surface area contributed by atoms with E-state index < -0.39 is 9.84 Å². The molecule has 2 atom stereocenters. The summed E-state index contributed by atoms with van der Waals surface area (Å²) >= 11 is 0. The Morgan fingerprint density at radius 2 is 2.28 bits per heavy atom. The van der Waals surface area contributed by atoms with E-state index in [1.165, 1.54) is 4.90 Å². The average Bonchev–Trinajstić information content (AvgIpc) is 2.65. The van der Waals surface area contributed by atoms with Gasteiger partial charge in [-0.2, -0.15) is 5.26 Å². The van der Waals surface area contributed by atoms with Gasteiger partial charge in [-0.05, 0) is 19.3 Å². The predicted molar refractivity (Wildman–Crippen MR) is 67.6 cm³/mol. The largest absolute Gasteiger partial charge is 0.338 e. The Hall–Kier alpha value is -1.29. The van der Waals surface area contributed by atoms with Gasteiger partial charge in [0.05, 0.1) is 23.5 Å². The highest BCUT2D eigenvalue weighted by Gasteiger charge is 2.28. The Balaban J connectivity index is 2.31. The molecule has 2 amide bonds. The molecular formula is C11H19N3O3S. The van der Waals surface area contributed by atoms with Crippen molar-refractivity contribution in [1.29, 1.82) is 5.26 Å². The average molecular weight is 273 g/mol. The van der Waals surface area contributed by atoms with Crippen molar-refractivity contribution in [3.63, 3.8) is 0 Å². The van der Waals surface area contributed by atoms with E-state index in [0.717, 1.165) is 0 Å². The summed E-state index contributed by atoms with van der Waals surface area (Å²) in [6.45, 7) is 2.49. The van der Waals surface area contributed by atoms with E-state index in [9.17, 15) is 13.2 Å². The van der Waals surface area contributed by atoms with Crippen LogP contribution in [0.5, 0.6) is 0 Å². The van der Waals surface area contributed by atoms with Crippen LogP contribution in [0.2, 0.25) is 0 Å². The predicted octanol–water partition coefficient (Wildman–Crippen LogP) is 0.222. The van der Waals surface area contributed by atoms with Gasteiger partial charge in [0.15, 0.2) is 9.84 Å². The van der Waals surface area contributed by atoms with Crippen LogP contribution >= 0.6 is 0 Å². The first-order valence-electron chi connectivity index (χ1n) is 5.93. The van der Waals surface area contributed by atoms with Crippen LogP contribution < -0.4 is 5.32 Å². The molecule has 1 N–H and O–H groups in total. The second kappa shape index (κ2) is 6.05. The monoisotopic (exact) mass is 273 g/mol. The number of amides is 2. The molecule has 1 aliphatic heterocycles. The highest BCUT2D eigenvalue weighted by molar-refractivity contribution is 7.91. The number of nitrogens with one attached hydrogen (secondary N) is 1. The topological polar surface area (TPSA) is 90.3 Å². The smallest absolute Gasteiger partial charge is 0.317 e. The molecule has 0 aliphatic carbocycles. The molecule has 0 aromatic rings. The molecule has 0 aromatic heterocycles. The number of urea groups is 1. The summed E-state index contributed by atoms with van der Waals surface area (Å²) in [5.74, 6) is 0.175. The van der Waals surface area contributed by atoms with Gasteiger partial charge in [0.2, 0.25) is 0 Å². The first-order valence-corrected chi connectivity index (χ1v) is 7.75. The van der Waals surface area contributed by atoms with Crippen molar-refractivity contribution >= 4 is 15.9 Å². The fourth-order valence-corrected chi connectivity index (χ4v) is 3.80. The lowest BCUT2D eigenvalue weighted by atomic mass is 10.1. The minimum Gasteiger partial charge on any atom is -0.338 e. The summed E-state index contributed by atoms with van der Waals surface area (Å²) in [6, 6.07) is 1.80. The molecule has 0 spiro atoms. The van der Waals surface area contributed by atoms with Crippen molar-refractivity contribution in [3.05, 3.63) is 0 Å². The normalized spacial score (nSPS) is 23.1. The molecule has 7 heteroatoms. The second-order valence-electron chi connectivity index (χ2n) is 4.87. The van der Waals surface area contributed by atoms with Gasteiger partial charge in [0.1, 0.15) is 0 Å². The highest BCUT2D eigenvalue weighted by Crippen LogP contribution is 2.17. The molecule has 18 heavy (non-hydrogen) atoms. The molecule has 0 aromatic carbocycles. The zero-order chi connectivity index (χ0) is 13.8. The van der Waals surface area contributed by atoms with Crippen molar-refractivity contribution in [3.8, 4) is 6.07 Å². The third-order valence-corrected chi connectivity index (χ3v) is 4.82. The quantitative estimate of drug-likeness (QED) is 0.793. The van der Waals surface area contributed by atoms with Crippen LogP contribution in [0.4, 0.5) is 4.79 Å². The number of nitrogens with zero attached hydrogens (tertiary/aromatic N) is 2. The molecule has 1 saturated heterocycles. The van der Waals surface area contributed by atoms with E-state index in [0.29, 0.717) is 19.5 Å². The van der Waals surface area contributed by atoms with E-state index in [1.807, 2.05) is 0 Å². The van der Waals surface area contributed by atoms with Crippen molar-refractivity contribution in [2.75, 3.05) is 31.6 Å². The van der Waals surface area contributed by atoms with Gasteiger partial charge >= 0.3 is 6.03 Å². The fourth-order valence-electron chi connectivity index (χ4n) is 1.93. The van der Waals surface area contributed by atoms with E-state index >= 15 is 0 Å². The summed E-state index contributed by atoms with van der Waals surface area (Å²) in [5.41, 5.74) is 0. The van der Waals surface area contributed by atoms with Crippen LogP contribution in [0.15, 0.2) is 0 Å². The van der Waals surface area contributed by atoms with Crippen molar-refractivity contribution < 1.29 is 13.2 Å². The molecule has 1 fully saturated rings. The maximum Gasteiger partial charge on any atom is 0.317 e. The summed E-state index contributed by atoms with van der Waals surface area (Å²) in [5, 5.41) is 11.4. The van der Waals surface area contributed by atoms with Gasteiger partial charge in [0, 0.05) is 20.1 Å². The van der Waals surface area contributed by atoms with Crippen LogP contribution in [0.1, 0.15) is 13.3 Å². The molecule has 6 nitrogen and oxygen atoms in total. The van der Waals surface area contributed by atoms with E-state index in [-0.39, 0.29) is 29.4 Å². The zero-order valence-electron chi connectivity index (χ0n) is 10.7. The molecule has 0 radical (unpaired) electrons. The van der Waals surface area contributed by atoms with Crippen molar-refractivity contribution in [2.24, 2.45) is 11.8 Å². The fraction of sp³-hybridized carbons (Fsp3) is 0.818. The minimum atomic E-state index is -2.89. The number of rotatable bonds is 4. The van der Waals surface area contributed by atoms with Gasteiger partial charge in [-0.15, -0.1) is 0 Å². The summed E-state index contributed by atoms with van der Waals surface area (Å²) in [4.78, 5) is 13.1. The first-order chi connectivity index (χ1) is 8.34. The van der Waals surface area contributed by atoms with Crippen LogP contribution in [0.3, 0.4) is 0 Å². The maximum atomic E-state index is 11.7. The number of nitriles is 1. The lowest BCUT2D eigenvalue weighted by Gasteiger charge is -2.20. The highest BCUT2D eigenvalue weighted by atomic mass is 32.2. The van der Waals surface area contributed by atoms with Gasteiger partial charge in [-0.1, -0.05) is 0 Å². The Morgan fingerprint density at radius 3 is 2.78 bits per heavy atom. The van der Waals surface area contributed by atoms with Gasteiger partial charge in [0.25, 0.3) is 0 Å². The molecule has 1 aliphatic rings. The Kier molecular flexibility index (Phi) is 4.96.